The van der Waals surface area contributed by atoms with E-state index in [1.54, 1.807) is 11.1 Å². The summed E-state index contributed by atoms with van der Waals surface area (Å²) >= 11 is 0. The predicted octanol–water partition coefficient (Wildman–Crippen LogP) is 2.62. The summed E-state index contributed by atoms with van der Waals surface area (Å²) in [5, 5.41) is 0. The van der Waals surface area contributed by atoms with Crippen LogP contribution in [0, 0.1) is 35.5 Å². The Bertz CT molecular complexity index is 424. The summed E-state index contributed by atoms with van der Waals surface area (Å²) in [6, 6.07) is 9.33. The summed E-state index contributed by atoms with van der Waals surface area (Å²) in [7, 11) is 0. The summed E-state index contributed by atoms with van der Waals surface area (Å²) in [6.07, 6.45) is 0. The monoisotopic (exact) mass is 180 g/mol. The molecule has 0 N–H and O–H groups in total. The van der Waals surface area contributed by atoms with Gasteiger partial charge in [0.15, 0.2) is 0 Å². The maximum atomic E-state index is 2.42. The summed E-state index contributed by atoms with van der Waals surface area (Å²) < 4.78 is 0. The minimum Gasteiger partial charge on any atom is -0.0620 e. The highest BCUT2D eigenvalue weighted by atomic mass is 14.9. The number of hydrogen-bond acceptors (Lipinski definition) is 0. The third-order valence-electron chi connectivity index (χ3n) is 6.48. The van der Waals surface area contributed by atoms with E-state index < -0.39 is 0 Å². The van der Waals surface area contributed by atoms with Crippen molar-refractivity contribution in [3.63, 3.8) is 0 Å². The van der Waals surface area contributed by atoms with Crippen molar-refractivity contribution in [1.82, 2.24) is 0 Å². The maximum absolute atomic E-state index is 2.42. The molecule has 0 radical (unpaired) electrons. The maximum Gasteiger partial charge on any atom is -0.00908 e. The van der Waals surface area contributed by atoms with Crippen LogP contribution in [0.4, 0.5) is 0 Å². The molecule has 4 fully saturated rings. The average Bonchev–Trinajstić information content (AvgIpc) is 2.20. The van der Waals surface area contributed by atoms with E-state index in [0.29, 0.717) is 0 Å². The van der Waals surface area contributed by atoms with Gasteiger partial charge in [-0.2, -0.15) is 0 Å². The van der Waals surface area contributed by atoms with E-state index in [0.717, 1.165) is 35.5 Å². The van der Waals surface area contributed by atoms with Gasteiger partial charge in [-0.1, -0.05) is 24.3 Å². The second-order valence-corrected chi connectivity index (χ2v) is 6.14. The van der Waals surface area contributed by atoms with Crippen molar-refractivity contribution in [2.75, 3.05) is 0 Å². The van der Waals surface area contributed by atoms with E-state index in [1.807, 2.05) is 0 Å². The van der Waals surface area contributed by atoms with Gasteiger partial charge in [-0.05, 0) is 58.5 Å². The van der Waals surface area contributed by atoms with E-state index in [9.17, 15) is 0 Å². The lowest BCUT2D eigenvalue weighted by molar-refractivity contribution is -0.407. The lowest BCUT2D eigenvalue weighted by atomic mass is 9.11. The van der Waals surface area contributed by atoms with E-state index in [2.05, 4.69) is 24.3 Å². The van der Waals surface area contributed by atoms with Gasteiger partial charge in [-0.3, -0.25) is 0 Å². The van der Waals surface area contributed by atoms with Crippen LogP contribution in [0.2, 0.25) is 0 Å². The van der Waals surface area contributed by atoms with Gasteiger partial charge >= 0.3 is 0 Å². The normalized spacial score (nSPS) is 66.6. The van der Waals surface area contributed by atoms with Gasteiger partial charge < -0.3 is 0 Å². The second-order valence-electron chi connectivity index (χ2n) is 6.14. The van der Waals surface area contributed by atoms with Crippen molar-refractivity contribution in [3.8, 4) is 0 Å². The fourth-order valence-electron chi connectivity index (χ4n) is 6.36. The zero-order valence-corrected chi connectivity index (χ0v) is 7.93. The summed E-state index contributed by atoms with van der Waals surface area (Å²) in [5.41, 5.74) is 3.52. The fourth-order valence-corrected chi connectivity index (χ4v) is 6.36. The van der Waals surface area contributed by atoms with Gasteiger partial charge in [0.25, 0.3) is 0 Å². The second kappa shape index (κ2) is 1.39. The van der Waals surface area contributed by atoms with Crippen LogP contribution in [0.3, 0.4) is 0 Å². The smallest absolute Gasteiger partial charge is 0.00908 e. The van der Waals surface area contributed by atoms with Gasteiger partial charge in [0, 0.05) is 0 Å². The SMILES string of the molecule is c1ccc2c(c1)C1[C@@H]3C4C5[C@@H]3C2[C@@H]5[C@@H]14. The molecule has 68 valence electrons. The first-order chi connectivity index (χ1) is 6.98. The summed E-state index contributed by atoms with van der Waals surface area (Å²) in [6.45, 7) is 0. The number of hydrogen-bond donors (Lipinski definition) is 0. The van der Waals surface area contributed by atoms with E-state index in [4.69, 9.17) is 0 Å². The molecule has 4 unspecified atom stereocenters. The lowest BCUT2D eigenvalue weighted by Crippen LogP contribution is -2.87. The Morgan fingerprint density at radius 2 is 1.00 bits per heavy atom. The van der Waals surface area contributed by atoms with Crippen molar-refractivity contribution in [2.45, 2.75) is 11.8 Å². The minimum atomic E-state index is 1.03. The zero-order valence-electron chi connectivity index (χ0n) is 7.93. The molecule has 0 saturated heterocycles. The van der Waals surface area contributed by atoms with Crippen LogP contribution in [0.25, 0.3) is 0 Å². The molecule has 14 heavy (non-hydrogen) atoms. The molecule has 0 aliphatic heterocycles. The lowest BCUT2D eigenvalue weighted by Gasteiger charge is -2.93. The van der Waals surface area contributed by atoms with E-state index in [-0.39, 0.29) is 0 Å². The Labute approximate surface area is 83.3 Å². The molecular formula is C14H12. The van der Waals surface area contributed by atoms with Crippen molar-refractivity contribution >= 4 is 0 Å². The van der Waals surface area contributed by atoms with Crippen molar-refractivity contribution in [3.05, 3.63) is 35.4 Å². The van der Waals surface area contributed by atoms with Gasteiger partial charge in [-0.25, -0.2) is 0 Å². The third kappa shape index (κ3) is 0.303. The predicted molar refractivity (Wildman–Crippen MR) is 52.9 cm³/mol. The molecule has 0 amide bonds. The molecule has 6 aliphatic rings. The summed E-state index contributed by atoms with van der Waals surface area (Å²) in [5.74, 6) is 9.15. The Hall–Kier alpha value is -0.780. The molecule has 8 atom stereocenters. The molecule has 0 nitrogen and oxygen atoms in total. The van der Waals surface area contributed by atoms with Crippen molar-refractivity contribution in [2.24, 2.45) is 35.5 Å². The van der Waals surface area contributed by atoms with Crippen LogP contribution < -0.4 is 0 Å². The van der Waals surface area contributed by atoms with Crippen LogP contribution in [0.15, 0.2) is 24.3 Å². The number of rotatable bonds is 0. The molecule has 0 heterocycles. The Balaban J connectivity index is 1.75. The van der Waals surface area contributed by atoms with Gasteiger partial charge in [0.05, 0.1) is 0 Å². The molecule has 0 heteroatoms. The van der Waals surface area contributed by atoms with Gasteiger partial charge in [0.2, 0.25) is 0 Å². The first kappa shape index (κ1) is 5.95. The van der Waals surface area contributed by atoms with Crippen LogP contribution in [-0.4, -0.2) is 0 Å². The standard InChI is InChI=1S/C14H12/c1-2-4-6-5(3-1)7-9-11-8(6)12-10(7)13(9)14(11)12/h1-4,7-14H/t7?,8?,9-,10-,11-,12+,13?,14?/m1/s1. The van der Waals surface area contributed by atoms with Crippen LogP contribution in [0.5, 0.6) is 0 Å². The molecule has 4 saturated carbocycles. The molecule has 0 aromatic heterocycles. The molecule has 0 spiro atoms. The number of benzene rings is 1. The third-order valence-corrected chi connectivity index (χ3v) is 6.48. The molecular weight excluding hydrogens is 168 g/mol. The molecule has 1 aromatic carbocycles. The Morgan fingerprint density at radius 3 is 1.43 bits per heavy atom. The minimum absolute atomic E-state index is 1.03. The molecule has 1 aromatic rings. The first-order valence-electron chi connectivity index (χ1n) is 6.07. The first-order valence-corrected chi connectivity index (χ1v) is 6.07. The van der Waals surface area contributed by atoms with Gasteiger partial charge in [-0.15, -0.1) is 0 Å². The highest BCUT2D eigenvalue weighted by Gasteiger charge is 2.88. The molecule has 2 bridgehead atoms. The van der Waals surface area contributed by atoms with E-state index >= 15 is 0 Å². The van der Waals surface area contributed by atoms with E-state index in [1.165, 1.54) is 11.8 Å². The van der Waals surface area contributed by atoms with Crippen LogP contribution in [-0.2, 0) is 0 Å². The topological polar surface area (TPSA) is 0 Å². The quantitative estimate of drug-likeness (QED) is 0.575. The average molecular weight is 180 g/mol. The van der Waals surface area contributed by atoms with Gasteiger partial charge in [0.1, 0.15) is 0 Å². The Morgan fingerprint density at radius 1 is 0.571 bits per heavy atom. The van der Waals surface area contributed by atoms with Crippen LogP contribution >= 0.6 is 0 Å². The van der Waals surface area contributed by atoms with Crippen LogP contribution in [0.1, 0.15) is 23.0 Å². The molecule has 7 rings (SSSR count). The highest BCUT2D eigenvalue weighted by Crippen LogP contribution is 2.94. The highest BCUT2D eigenvalue weighted by molar-refractivity contribution is 5.55. The zero-order chi connectivity index (χ0) is 8.60. The Kier molecular flexibility index (Phi) is 0.592. The summed E-state index contributed by atoms with van der Waals surface area (Å²) in [4.78, 5) is 0. The molecule has 6 aliphatic carbocycles. The van der Waals surface area contributed by atoms with Crippen molar-refractivity contribution < 1.29 is 0 Å². The largest absolute Gasteiger partial charge is 0.0620 e. The van der Waals surface area contributed by atoms with Crippen molar-refractivity contribution in [1.29, 1.82) is 0 Å². The fraction of sp³-hybridized carbons (Fsp3) is 0.571.